The molecule has 0 nitrogen and oxygen atoms in total. The number of rotatable bonds is 0. The van der Waals surface area contributed by atoms with Crippen molar-refractivity contribution in [3.05, 3.63) is 0 Å². The minimum atomic E-state index is 0.521. The van der Waals surface area contributed by atoms with Crippen LogP contribution in [-0.2, 0) is 0 Å². The third kappa shape index (κ3) is 1.70. The van der Waals surface area contributed by atoms with Crippen LogP contribution in [0.3, 0.4) is 0 Å². The Bertz CT molecular complexity index is 323. The lowest BCUT2D eigenvalue weighted by Crippen LogP contribution is -2.37. The van der Waals surface area contributed by atoms with Crippen molar-refractivity contribution in [2.24, 2.45) is 40.4 Å². The Morgan fingerprint density at radius 3 is 2.39 bits per heavy atom. The first-order valence-electron chi connectivity index (χ1n) is 8.34. The van der Waals surface area contributed by atoms with Gasteiger partial charge in [0.25, 0.3) is 0 Å². The van der Waals surface area contributed by atoms with Gasteiger partial charge in [0.2, 0.25) is 0 Å². The zero-order valence-electron chi connectivity index (χ0n) is 13.1. The van der Waals surface area contributed by atoms with E-state index in [9.17, 15) is 0 Å². The van der Waals surface area contributed by atoms with Crippen LogP contribution in [0.4, 0.5) is 0 Å². The SMILES string of the molecule is CC1CC2C(C(C)(C)C)C3CCCCC3(C)C2C1. The average Bonchev–Trinajstić information content (AvgIpc) is 2.71. The molecule has 0 spiro atoms. The molecule has 0 bridgehead atoms. The highest BCUT2D eigenvalue weighted by Gasteiger charge is 2.61. The van der Waals surface area contributed by atoms with Crippen molar-refractivity contribution in [1.29, 1.82) is 0 Å². The maximum Gasteiger partial charge on any atom is -0.0263 e. The fourth-order valence-electron chi connectivity index (χ4n) is 6.47. The van der Waals surface area contributed by atoms with Crippen LogP contribution in [0.25, 0.3) is 0 Å². The second-order valence-electron chi connectivity index (χ2n) is 9.10. The fourth-order valence-corrected chi connectivity index (χ4v) is 6.47. The molecule has 0 aromatic carbocycles. The molecule has 6 unspecified atom stereocenters. The van der Waals surface area contributed by atoms with Gasteiger partial charge in [-0.2, -0.15) is 0 Å². The normalized spacial score (nSPS) is 52.2. The standard InChI is InChI=1S/C18H32/c1-12-10-13-15(11-12)18(5)9-7-6-8-14(18)16(13)17(2,3)4/h12-16H,6-11H2,1-5H3. The summed E-state index contributed by atoms with van der Waals surface area (Å²) in [7, 11) is 0. The van der Waals surface area contributed by atoms with E-state index in [4.69, 9.17) is 0 Å². The van der Waals surface area contributed by atoms with Gasteiger partial charge in [0, 0.05) is 0 Å². The smallest absolute Gasteiger partial charge is 0.0263 e. The predicted octanol–water partition coefficient (Wildman–Crippen LogP) is 5.52. The molecule has 18 heavy (non-hydrogen) atoms. The van der Waals surface area contributed by atoms with E-state index < -0.39 is 0 Å². The van der Waals surface area contributed by atoms with E-state index in [0.29, 0.717) is 10.8 Å². The highest BCUT2D eigenvalue weighted by atomic mass is 14.7. The second-order valence-corrected chi connectivity index (χ2v) is 9.10. The Labute approximate surface area is 114 Å². The Balaban J connectivity index is 1.99. The number of fused-ring (bicyclic) bond motifs is 3. The summed E-state index contributed by atoms with van der Waals surface area (Å²) >= 11 is 0. The van der Waals surface area contributed by atoms with Gasteiger partial charge in [-0.05, 0) is 66.1 Å². The summed E-state index contributed by atoms with van der Waals surface area (Å²) in [5, 5.41) is 0. The van der Waals surface area contributed by atoms with Gasteiger partial charge in [-0.1, -0.05) is 47.5 Å². The third-order valence-electron chi connectivity index (χ3n) is 6.92. The van der Waals surface area contributed by atoms with Crippen LogP contribution in [0, 0.1) is 40.4 Å². The van der Waals surface area contributed by atoms with Crippen LogP contribution in [0.5, 0.6) is 0 Å². The van der Waals surface area contributed by atoms with Crippen LogP contribution in [0.2, 0.25) is 0 Å². The van der Waals surface area contributed by atoms with E-state index in [0.717, 1.165) is 29.6 Å². The molecular formula is C18H32. The molecule has 0 amide bonds. The van der Waals surface area contributed by atoms with Crippen LogP contribution in [0.15, 0.2) is 0 Å². The molecule has 0 heterocycles. The van der Waals surface area contributed by atoms with Crippen LogP contribution in [-0.4, -0.2) is 0 Å². The molecule has 0 aromatic rings. The average molecular weight is 248 g/mol. The van der Waals surface area contributed by atoms with E-state index in [2.05, 4.69) is 34.6 Å². The lowest BCUT2D eigenvalue weighted by Gasteiger charge is -2.45. The van der Waals surface area contributed by atoms with Crippen LogP contribution < -0.4 is 0 Å². The summed E-state index contributed by atoms with van der Waals surface area (Å²) in [6.07, 6.45) is 9.12. The molecule has 6 atom stereocenters. The molecule has 0 aromatic heterocycles. The van der Waals surface area contributed by atoms with Gasteiger partial charge in [-0.15, -0.1) is 0 Å². The number of hydrogen-bond donors (Lipinski definition) is 0. The maximum absolute atomic E-state index is 2.66. The second kappa shape index (κ2) is 4.00. The van der Waals surface area contributed by atoms with Crippen molar-refractivity contribution in [1.82, 2.24) is 0 Å². The van der Waals surface area contributed by atoms with Gasteiger partial charge in [0.05, 0.1) is 0 Å². The van der Waals surface area contributed by atoms with E-state index in [1.165, 1.54) is 38.5 Å². The van der Waals surface area contributed by atoms with Crippen molar-refractivity contribution in [3.63, 3.8) is 0 Å². The third-order valence-corrected chi connectivity index (χ3v) is 6.92. The first-order chi connectivity index (χ1) is 8.34. The summed E-state index contributed by atoms with van der Waals surface area (Å²) in [6.45, 7) is 12.7. The van der Waals surface area contributed by atoms with Crippen LogP contribution >= 0.6 is 0 Å². The zero-order chi connectivity index (χ0) is 13.1. The lowest BCUT2D eigenvalue weighted by atomic mass is 9.60. The van der Waals surface area contributed by atoms with Gasteiger partial charge in [-0.3, -0.25) is 0 Å². The van der Waals surface area contributed by atoms with Crippen molar-refractivity contribution in [3.8, 4) is 0 Å². The molecule has 3 aliphatic rings. The van der Waals surface area contributed by atoms with Crippen molar-refractivity contribution in [2.75, 3.05) is 0 Å². The predicted molar refractivity (Wildman–Crippen MR) is 78.4 cm³/mol. The molecule has 0 radical (unpaired) electrons. The summed E-state index contributed by atoms with van der Waals surface area (Å²) in [6, 6.07) is 0. The van der Waals surface area contributed by atoms with E-state index in [1.807, 2.05) is 0 Å². The Hall–Kier alpha value is 0. The Kier molecular flexibility index (Phi) is 2.89. The monoisotopic (exact) mass is 248 g/mol. The number of hydrogen-bond acceptors (Lipinski definition) is 0. The van der Waals surface area contributed by atoms with Crippen LogP contribution in [0.1, 0.15) is 73.1 Å². The highest BCUT2D eigenvalue weighted by Crippen LogP contribution is 2.69. The summed E-state index contributed by atoms with van der Waals surface area (Å²) < 4.78 is 0. The van der Waals surface area contributed by atoms with E-state index in [-0.39, 0.29) is 0 Å². The largest absolute Gasteiger partial charge is 0.0625 e. The van der Waals surface area contributed by atoms with Crippen molar-refractivity contribution in [2.45, 2.75) is 73.1 Å². The summed E-state index contributed by atoms with van der Waals surface area (Å²) in [5.41, 5.74) is 1.22. The first kappa shape index (κ1) is 13.0. The first-order valence-corrected chi connectivity index (χ1v) is 8.34. The Morgan fingerprint density at radius 2 is 1.72 bits per heavy atom. The van der Waals surface area contributed by atoms with Crippen molar-refractivity contribution >= 4 is 0 Å². The van der Waals surface area contributed by atoms with Gasteiger partial charge in [0.15, 0.2) is 0 Å². The fraction of sp³-hybridized carbons (Fsp3) is 1.00. The lowest BCUT2D eigenvalue weighted by molar-refractivity contribution is 0.0463. The van der Waals surface area contributed by atoms with Gasteiger partial charge in [-0.25, -0.2) is 0 Å². The minimum absolute atomic E-state index is 0.521. The minimum Gasteiger partial charge on any atom is -0.0625 e. The highest BCUT2D eigenvalue weighted by molar-refractivity contribution is 5.10. The van der Waals surface area contributed by atoms with Crippen molar-refractivity contribution < 1.29 is 0 Å². The van der Waals surface area contributed by atoms with E-state index in [1.54, 1.807) is 0 Å². The van der Waals surface area contributed by atoms with Gasteiger partial charge >= 0.3 is 0 Å². The molecule has 3 aliphatic carbocycles. The Morgan fingerprint density at radius 1 is 1.00 bits per heavy atom. The molecule has 0 aliphatic heterocycles. The summed E-state index contributed by atoms with van der Waals surface area (Å²) in [5.74, 6) is 5.13. The molecule has 0 N–H and O–H groups in total. The van der Waals surface area contributed by atoms with Gasteiger partial charge < -0.3 is 0 Å². The molecule has 104 valence electrons. The molecule has 0 heteroatoms. The molecule has 3 rings (SSSR count). The molecule has 0 saturated heterocycles. The topological polar surface area (TPSA) is 0 Å². The van der Waals surface area contributed by atoms with Gasteiger partial charge in [0.1, 0.15) is 0 Å². The van der Waals surface area contributed by atoms with E-state index >= 15 is 0 Å². The maximum atomic E-state index is 2.66. The quantitative estimate of drug-likeness (QED) is 0.529. The zero-order valence-corrected chi connectivity index (χ0v) is 13.1. The molecule has 3 fully saturated rings. The molecule has 3 saturated carbocycles. The molecular weight excluding hydrogens is 216 g/mol. The summed E-state index contributed by atoms with van der Waals surface area (Å²) in [4.78, 5) is 0.